The number of aliphatic hydroxyl groups excluding tert-OH is 3. The van der Waals surface area contributed by atoms with Crippen LogP contribution in [-0.2, 0) is 10.7 Å². The Hall–Kier alpha value is -0.170. The van der Waals surface area contributed by atoms with E-state index in [0.717, 1.165) is 0 Å². The molecule has 0 aromatic carbocycles. The summed E-state index contributed by atoms with van der Waals surface area (Å²) < 4.78 is 19.0. The predicted molar refractivity (Wildman–Crippen MR) is 36.2 cm³/mol. The first-order valence-corrected chi connectivity index (χ1v) is 3.84. The first-order valence-electron chi connectivity index (χ1n) is 2.59. The van der Waals surface area contributed by atoms with Crippen molar-refractivity contribution in [3.05, 3.63) is 0 Å². The van der Waals surface area contributed by atoms with Crippen molar-refractivity contribution < 1.29 is 23.7 Å². The van der Waals surface area contributed by atoms with Crippen molar-refractivity contribution in [2.24, 2.45) is 0 Å². The van der Waals surface area contributed by atoms with E-state index in [-0.39, 0.29) is 13.2 Å². The molecule has 64 valence electrons. The first kappa shape index (κ1) is 12.5. The van der Waals surface area contributed by atoms with Gasteiger partial charge in [-0.05, 0) is 6.92 Å². The van der Waals surface area contributed by atoms with Gasteiger partial charge in [-0.2, -0.15) is 0 Å². The lowest BCUT2D eigenvalue weighted by Gasteiger charge is -1.83. The molecule has 0 aliphatic rings. The average molecular weight is 172 g/mol. The number of hydrogen-bond acceptors (Lipinski definition) is 5. The molecule has 0 fully saturated rings. The Morgan fingerprint density at radius 2 is 1.50 bits per heavy atom. The highest BCUT2D eigenvalue weighted by molar-refractivity contribution is 7.72. The van der Waals surface area contributed by atoms with Crippen molar-refractivity contribution in [3.8, 4) is 0 Å². The Labute approximate surface area is 60.9 Å². The van der Waals surface area contributed by atoms with Crippen LogP contribution in [0.5, 0.6) is 0 Å². The predicted octanol–water partition coefficient (Wildman–Crippen LogP) is -2.09. The third-order valence-corrected chi connectivity index (χ3v) is 1.02. The third-order valence-electron chi connectivity index (χ3n) is 0.405. The van der Waals surface area contributed by atoms with Crippen molar-refractivity contribution in [2.75, 3.05) is 13.2 Å². The van der Waals surface area contributed by atoms with Crippen LogP contribution in [0.4, 0.5) is 0 Å². The third kappa shape index (κ3) is 15.7. The van der Waals surface area contributed by atoms with E-state index >= 15 is 0 Å². The minimum absolute atomic E-state index is 0.125. The topological polar surface area (TPSA) is 94.8 Å². The number of rotatable bonds is 2. The highest BCUT2D eigenvalue weighted by atomic mass is 32.2. The van der Waals surface area contributed by atoms with Crippen molar-refractivity contribution in [1.82, 2.24) is 0 Å². The molecule has 1 unspecified atom stereocenters. The van der Waals surface area contributed by atoms with Crippen molar-refractivity contribution >= 4 is 10.7 Å². The van der Waals surface area contributed by atoms with Gasteiger partial charge in [-0.3, -0.25) is 0 Å². The zero-order chi connectivity index (χ0) is 8.57. The van der Waals surface area contributed by atoms with Gasteiger partial charge in [-0.1, -0.05) is 0 Å². The average Bonchev–Trinajstić information content (AvgIpc) is 1.89. The summed E-state index contributed by atoms with van der Waals surface area (Å²) >= 11 is 0. The maximum absolute atomic E-state index is 9.49. The zero-order valence-electron chi connectivity index (χ0n) is 5.60. The summed E-state index contributed by atoms with van der Waals surface area (Å²) in [6, 6.07) is 0. The molecule has 0 heterocycles. The fourth-order valence-corrected chi connectivity index (χ4v) is 0. The lowest BCUT2D eigenvalue weighted by molar-refractivity contribution is 0.186. The summed E-state index contributed by atoms with van der Waals surface area (Å²) in [7, 11) is -2.60. The molecule has 0 radical (unpaired) electrons. The fourth-order valence-electron chi connectivity index (χ4n) is 0. The van der Waals surface area contributed by atoms with Gasteiger partial charge < -0.3 is 15.3 Å². The maximum atomic E-state index is 9.49. The van der Waals surface area contributed by atoms with Gasteiger partial charge in [0.25, 0.3) is 0 Å². The minimum Gasteiger partial charge on any atom is -0.394 e. The van der Waals surface area contributed by atoms with Crippen LogP contribution >= 0.6 is 0 Å². The van der Waals surface area contributed by atoms with E-state index in [4.69, 9.17) is 15.3 Å². The molecule has 6 heteroatoms. The van der Waals surface area contributed by atoms with Crippen molar-refractivity contribution in [3.63, 3.8) is 0 Å². The molecule has 0 rings (SSSR count). The minimum atomic E-state index is -2.60. The summed E-state index contributed by atoms with van der Waals surface area (Å²) in [6.07, 6.45) is 0. The lowest BCUT2D eigenvalue weighted by atomic mass is 10.8. The van der Waals surface area contributed by atoms with Gasteiger partial charge in [0.1, 0.15) is 5.44 Å². The molecule has 0 spiro atoms. The van der Waals surface area contributed by atoms with Gasteiger partial charge in [0.05, 0.1) is 13.2 Å². The van der Waals surface area contributed by atoms with Gasteiger partial charge in [-0.15, -0.1) is 0 Å². The zero-order valence-corrected chi connectivity index (χ0v) is 6.49. The molecule has 0 aromatic rings. The smallest absolute Gasteiger partial charge is 0.166 e. The fraction of sp³-hybridized carbons (Fsp3) is 1.00. The summed E-state index contributed by atoms with van der Waals surface area (Å²) in [4.78, 5) is 0. The second-order valence-corrected chi connectivity index (χ2v) is 2.68. The van der Waals surface area contributed by atoms with E-state index in [1.54, 1.807) is 0 Å². The Kier molecular flexibility index (Phi) is 11.0. The summed E-state index contributed by atoms with van der Waals surface area (Å²) in [5.74, 6) is 0. The van der Waals surface area contributed by atoms with E-state index in [1.807, 2.05) is 0 Å². The standard InChI is InChI=1S/C2H6O3S.C2H6O2/c1-2(3)6(4)5;3-1-2-4/h2-3,6H,1H3;3-4H,1-2H2. The van der Waals surface area contributed by atoms with Gasteiger partial charge in [0.2, 0.25) is 0 Å². The molecule has 3 N–H and O–H groups in total. The summed E-state index contributed by atoms with van der Waals surface area (Å²) in [6.45, 7) is 0.950. The van der Waals surface area contributed by atoms with Crippen LogP contribution in [0.3, 0.4) is 0 Å². The van der Waals surface area contributed by atoms with E-state index < -0.39 is 16.1 Å². The van der Waals surface area contributed by atoms with Crippen LogP contribution in [0.15, 0.2) is 0 Å². The molecule has 0 bridgehead atoms. The van der Waals surface area contributed by atoms with E-state index in [2.05, 4.69) is 0 Å². The van der Waals surface area contributed by atoms with E-state index in [0.29, 0.717) is 0 Å². The van der Waals surface area contributed by atoms with Crippen molar-refractivity contribution in [2.45, 2.75) is 12.4 Å². The second kappa shape index (κ2) is 8.83. The molecule has 0 aliphatic carbocycles. The molecule has 10 heavy (non-hydrogen) atoms. The molecule has 5 nitrogen and oxygen atoms in total. The largest absolute Gasteiger partial charge is 0.394 e. The summed E-state index contributed by atoms with van der Waals surface area (Å²) in [5.41, 5.74) is -1.19. The molecular formula is C4H12O5S. The maximum Gasteiger partial charge on any atom is 0.166 e. The van der Waals surface area contributed by atoms with E-state index in [9.17, 15) is 8.42 Å². The monoisotopic (exact) mass is 172 g/mol. The molecule has 0 saturated heterocycles. The van der Waals surface area contributed by atoms with Crippen LogP contribution < -0.4 is 0 Å². The highest BCUT2D eigenvalue weighted by Crippen LogP contribution is 1.73. The summed E-state index contributed by atoms with van der Waals surface area (Å²) in [5, 5.41) is 23.3. The second-order valence-electron chi connectivity index (χ2n) is 1.36. The lowest BCUT2D eigenvalue weighted by Crippen LogP contribution is -1.99. The van der Waals surface area contributed by atoms with Gasteiger partial charge >= 0.3 is 0 Å². The Morgan fingerprint density at radius 3 is 1.50 bits per heavy atom. The quantitative estimate of drug-likeness (QED) is 0.358. The molecule has 0 saturated carbocycles. The van der Waals surface area contributed by atoms with Gasteiger partial charge in [0.15, 0.2) is 10.7 Å². The SMILES string of the molecule is CC(O)[SH](=O)=O.OCCO. The van der Waals surface area contributed by atoms with Crippen LogP contribution in [0.1, 0.15) is 6.92 Å². The Morgan fingerprint density at radius 1 is 1.30 bits per heavy atom. The number of aliphatic hydroxyl groups is 3. The van der Waals surface area contributed by atoms with Gasteiger partial charge in [-0.25, -0.2) is 8.42 Å². The Balaban J connectivity index is 0. The van der Waals surface area contributed by atoms with E-state index in [1.165, 1.54) is 6.92 Å². The van der Waals surface area contributed by atoms with Crippen LogP contribution in [0.2, 0.25) is 0 Å². The van der Waals surface area contributed by atoms with Crippen LogP contribution in [0, 0.1) is 0 Å². The van der Waals surface area contributed by atoms with Gasteiger partial charge in [0, 0.05) is 0 Å². The molecular weight excluding hydrogens is 160 g/mol. The van der Waals surface area contributed by atoms with Crippen LogP contribution in [0.25, 0.3) is 0 Å². The number of hydrogen-bond donors (Lipinski definition) is 4. The number of thiol groups is 1. The van der Waals surface area contributed by atoms with Crippen molar-refractivity contribution in [1.29, 1.82) is 0 Å². The molecule has 0 aromatic heterocycles. The Bertz CT molecular complexity index is 109. The molecule has 1 atom stereocenters. The first-order chi connectivity index (χ1) is 4.56. The normalized spacial score (nSPS) is 12.1. The van der Waals surface area contributed by atoms with Crippen LogP contribution in [-0.4, -0.2) is 42.4 Å². The molecule has 0 aliphatic heterocycles. The highest BCUT2D eigenvalue weighted by Gasteiger charge is 1.90. The molecule has 0 amide bonds.